The first-order chi connectivity index (χ1) is 7.59. The van der Waals surface area contributed by atoms with E-state index in [9.17, 15) is 18.0 Å². The fourth-order valence-electron chi connectivity index (χ4n) is 1.25. The van der Waals surface area contributed by atoms with Gasteiger partial charge < -0.3 is 5.32 Å². The molecule has 0 aliphatic carbocycles. The summed E-state index contributed by atoms with van der Waals surface area (Å²) in [4.78, 5) is 11.7. The van der Waals surface area contributed by atoms with Crippen LogP contribution in [0.2, 0.25) is 0 Å². The minimum atomic E-state index is -4.43. The van der Waals surface area contributed by atoms with Crippen molar-refractivity contribution in [3.05, 3.63) is 35.4 Å². The summed E-state index contributed by atoms with van der Waals surface area (Å²) < 4.78 is 37.3. The summed E-state index contributed by atoms with van der Waals surface area (Å²) in [6.07, 6.45) is -4.43. The van der Waals surface area contributed by atoms with Gasteiger partial charge >= 0.3 is 6.18 Å². The maximum Gasteiger partial charge on any atom is 0.416 e. The zero-order valence-corrected chi connectivity index (χ0v) is 9.85. The van der Waals surface area contributed by atoms with Crippen LogP contribution in [0, 0.1) is 0 Å². The Balaban J connectivity index is 2.97. The summed E-state index contributed by atoms with van der Waals surface area (Å²) in [5.74, 6) is -0.511. The van der Waals surface area contributed by atoms with Crippen molar-refractivity contribution in [1.82, 2.24) is 5.32 Å². The van der Waals surface area contributed by atoms with Gasteiger partial charge in [0.1, 0.15) is 0 Å². The van der Waals surface area contributed by atoms with Crippen LogP contribution in [0.5, 0.6) is 0 Å². The van der Waals surface area contributed by atoms with Gasteiger partial charge in [-0.05, 0) is 39.0 Å². The minimum absolute atomic E-state index is 0.00903. The summed E-state index contributed by atoms with van der Waals surface area (Å²) in [6.45, 7) is 5.29. The summed E-state index contributed by atoms with van der Waals surface area (Å²) in [6, 6.07) is 4.37. The lowest BCUT2D eigenvalue weighted by Crippen LogP contribution is -2.40. The Labute approximate surface area is 97.8 Å². The van der Waals surface area contributed by atoms with Gasteiger partial charge in [-0.2, -0.15) is 13.2 Å². The van der Waals surface area contributed by atoms with Gasteiger partial charge in [-0.25, -0.2) is 0 Å². The smallest absolute Gasteiger partial charge is 0.347 e. The molecule has 0 saturated heterocycles. The van der Waals surface area contributed by atoms with Crippen molar-refractivity contribution in [3.8, 4) is 0 Å². The number of carbonyl (C=O) groups is 1. The van der Waals surface area contributed by atoms with E-state index in [0.717, 1.165) is 12.1 Å². The van der Waals surface area contributed by atoms with Gasteiger partial charge in [0.2, 0.25) is 0 Å². The third kappa shape index (κ3) is 4.09. The standard InChI is InChI=1S/C12H14F3NO/c1-11(2,3)16-10(17)8-5-4-6-9(7-8)12(13,14)15/h4-7H,1-3H3,(H,16,17). The van der Waals surface area contributed by atoms with Crippen molar-refractivity contribution >= 4 is 5.91 Å². The Bertz CT molecular complexity index is 418. The fraction of sp³-hybridized carbons (Fsp3) is 0.417. The van der Waals surface area contributed by atoms with Crippen LogP contribution in [0.3, 0.4) is 0 Å². The molecular weight excluding hydrogens is 231 g/mol. The second kappa shape index (κ2) is 4.39. The number of hydrogen-bond donors (Lipinski definition) is 1. The van der Waals surface area contributed by atoms with Crippen LogP contribution in [0.4, 0.5) is 13.2 Å². The molecule has 0 bridgehead atoms. The molecule has 0 fully saturated rings. The Kier molecular flexibility index (Phi) is 3.50. The topological polar surface area (TPSA) is 29.1 Å². The fourth-order valence-corrected chi connectivity index (χ4v) is 1.25. The second-order valence-corrected chi connectivity index (χ2v) is 4.78. The van der Waals surface area contributed by atoms with E-state index in [4.69, 9.17) is 0 Å². The molecule has 0 aliphatic heterocycles. The summed E-state index contributed by atoms with van der Waals surface area (Å²) in [7, 11) is 0. The average Bonchev–Trinajstić information content (AvgIpc) is 2.14. The van der Waals surface area contributed by atoms with E-state index in [1.54, 1.807) is 20.8 Å². The molecule has 0 aromatic heterocycles. The van der Waals surface area contributed by atoms with Gasteiger partial charge in [0.25, 0.3) is 5.91 Å². The Morgan fingerprint density at radius 2 is 1.76 bits per heavy atom. The first-order valence-electron chi connectivity index (χ1n) is 5.09. The quantitative estimate of drug-likeness (QED) is 0.808. The third-order valence-electron chi connectivity index (χ3n) is 1.94. The van der Waals surface area contributed by atoms with Crippen LogP contribution >= 0.6 is 0 Å². The van der Waals surface area contributed by atoms with Gasteiger partial charge in [0, 0.05) is 11.1 Å². The highest BCUT2D eigenvalue weighted by atomic mass is 19.4. The SMILES string of the molecule is CC(C)(C)NC(=O)c1cccc(C(F)(F)F)c1. The van der Waals surface area contributed by atoms with Crippen molar-refractivity contribution in [2.75, 3.05) is 0 Å². The molecule has 17 heavy (non-hydrogen) atoms. The van der Waals surface area contributed by atoms with Crippen molar-refractivity contribution in [2.24, 2.45) is 0 Å². The molecule has 1 aromatic carbocycles. The van der Waals surface area contributed by atoms with Crippen LogP contribution in [0.25, 0.3) is 0 Å². The van der Waals surface area contributed by atoms with Gasteiger partial charge in [-0.3, -0.25) is 4.79 Å². The van der Waals surface area contributed by atoms with Gasteiger partial charge in [-0.1, -0.05) is 6.07 Å². The monoisotopic (exact) mass is 245 g/mol. The summed E-state index contributed by atoms with van der Waals surface area (Å²) >= 11 is 0. The predicted molar refractivity (Wildman–Crippen MR) is 58.7 cm³/mol. The first kappa shape index (κ1) is 13.5. The Hall–Kier alpha value is -1.52. The molecular formula is C12H14F3NO. The molecule has 1 aromatic rings. The number of benzene rings is 1. The van der Waals surface area contributed by atoms with E-state index in [0.29, 0.717) is 0 Å². The molecule has 0 atom stereocenters. The molecule has 0 saturated carbocycles. The number of alkyl halides is 3. The molecule has 0 spiro atoms. The minimum Gasteiger partial charge on any atom is -0.347 e. The molecule has 5 heteroatoms. The molecule has 1 rings (SSSR count). The zero-order valence-electron chi connectivity index (χ0n) is 9.85. The third-order valence-corrected chi connectivity index (χ3v) is 1.94. The molecule has 1 N–H and O–H groups in total. The normalized spacial score (nSPS) is 12.4. The predicted octanol–water partition coefficient (Wildman–Crippen LogP) is 3.23. The van der Waals surface area contributed by atoms with Crippen molar-refractivity contribution in [2.45, 2.75) is 32.5 Å². The van der Waals surface area contributed by atoms with E-state index in [2.05, 4.69) is 5.32 Å². The van der Waals surface area contributed by atoms with Crippen LogP contribution in [-0.2, 0) is 6.18 Å². The van der Waals surface area contributed by atoms with Gasteiger partial charge in [-0.15, -0.1) is 0 Å². The highest BCUT2D eigenvalue weighted by Crippen LogP contribution is 2.29. The molecule has 0 unspecified atom stereocenters. The van der Waals surface area contributed by atoms with E-state index in [1.807, 2.05) is 0 Å². The average molecular weight is 245 g/mol. The maximum atomic E-state index is 12.4. The first-order valence-corrected chi connectivity index (χ1v) is 5.09. The van der Waals surface area contributed by atoms with E-state index >= 15 is 0 Å². The maximum absolute atomic E-state index is 12.4. The Morgan fingerprint density at radius 1 is 1.18 bits per heavy atom. The van der Waals surface area contributed by atoms with Crippen LogP contribution in [0.15, 0.2) is 24.3 Å². The Morgan fingerprint density at radius 3 is 2.24 bits per heavy atom. The lowest BCUT2D eigenvalue weighted by atomic mass is 10.1. The second-order valence-electron chi connectivity index (χ2n) is 4.78. The summed E-state index contributed by atoms with van der Waals surface area (Å²) in [5, 5.41) is 2.61. The van der Waals surface area contributed by atoms with Crippen molar-refractivity contribution in [3.63, 3.8) is 0 Å². The number of halogens is 3. The number of amides is 1. The largest absolute Gasteiger partial charge is 0.416 e. The van der Waals surface area contributed by atoms with Gasteiger partial charge in [0.15, 0.2) is 0 Å². The lowest BCUT2D eigenvalue weighted by Gasteiger charge is -2.20. The highest BCUT2D eigenvalue weighted by Gasteiger charge is 2.31. The van der Waals surface area contributed by atoms with Crippen molar-refractivity contribution < 1.29 is 18.0 Å². The number of rotatable bonds is 1. The molecule has 2 nitrogen and oxygen atoms in total. The van der Waals surface area contributed by atoms with Crippen molar-refractivity contribution in [1.29, 1.82) is 0 Å². The van der Waals surface area contributed by atoms with E-state index in [-0.39, 0.29) is 5.56 Å². The highest BCUT2D eigenvalue weighted by molar-refractivity contribution is 5.94. The van der Waals surface area contributed by atoms with Crippen LogP contribution < -0.4 is 5.32 Å². The number of carbonyl (C=O) groups excluding carboxylic acids is 1. The molecule has 0 aliphatic rings. The van der Waals surface area contributed by atoms with Crippen LogP contribution in [-0.4, -0.2) is 11.4 Å². The van der Waals surface area contributed by atoms with Gasteiger partial charge in [0.05, 0.1) is 5.56 Å². The van der Waals surface area contributed by atoms with E-state index in [1.165, 1.54) is 12.1 Å². The lowest BCUT2D eigenvalue weighted by molar-refractivity contribution is -0.137. The summed E-state index contributed by atoms with van der Waals surface area (Å²) in [5.41, 5.74) is -1.29. The number of hydrogen-bond acceptors (Lipinski definition) is 1. The zero-order chi connectivity index (χ0) is 13.3. The van der Waals surface area contributed by atoms with E-state index < -0.39 is 23.2 Å². The molecule has 1 amide bonds. The molecule has 0 heterocycles. The van der Waals surface area contributed by atoms with Crippen LogP contribution in [0.1, 0.15) is 36.7 Å². The number of nitrogens with one attached hydrogen (secondary N) is 1. The molecule has 0 radical (unpaired) electrons. The molecule has 94 valence electrons.